The van der Waals surface area contributed by atoms with E-state index in [1.54, 1.807) is 0 Å². The second-order valence-corrected chi connectivity index (χ2v) is 4.11. The van der Waals surface area contributed by atoms with E-state index >= 15 is 0 Å². The lowest BCUT2D eigenvalue weighted by Gasteiger charge is -2.17. The van der Waals surface area contributed by atoms with Crippen LogP contribution in [0.5, 0.6) is 0 Å². The molecule has 1 aliphatic carbocycles. The van der Waals surface area contributed by atoms with E-state index in [4.69, 9.17) is 5.11 Å². The highest BCUT2D eigenvalue weighted by atomic mass is 16.3. The van der Waals surface area contributed by atoms with Gasteiger partial charge in [0.05, 0.1) is 6.10 Å². The maximum Gasteiger partial charge on any atom is 0.0524 e. The van der Waals surface area contributed by atoms with Crippen molar-refractivity contribution in [1.29, 1.82) is 0 Å². The highest BCUT2D eigenvalue weighted by Crippen LogP contribution is 2.24. The van der Waals surface area contributed by atoms with Crippen molar-refractivity contribution < 1.29 is 5.11 Å². The molecule has 1 rings (SSSR count). The van der Waals surface area contributed by atoms with E-state index in [1.807, 2.05) is 6.92 Å². The molecule has 1 aliphatic rings. The highest BCUT2D eigenvalue weighted by Gasteiger charge is 2.22. The summed E-state index contributed by atoms with van der Waals surface area (Å²) in [5.41, 5.74) is 0. The Morgan fingerprint density at radius 1 is 1.50 bits per heavy atom. The summed E-state index contributed by atoms with van der Waals surface area (Å²) in [5.74, 6) is 0.832. The highest BCUT2D eigenvalue weighted by molar-refractivity contribution is 4.79. The molecule has 0 aromatic carbocycles. The molecule has 0 saturated heterocycles. The first-order chi connectivity index (χ1) is 5.70. The fourth-order valence-electron chi connectivity index (χ4n) is 1.93. The number of hydrogen-bond donors (Lipinski definition) is 2. The summed E-state index contributed by atoms with van der Waals surface area (Å²) in [7, 11) is 0. The van der Waals surface area contributed by atoms with Gasteiger partial charge in [0.15, 0.2) is 0 Å². The molecular formula is C10H21NO. The smallest absolute Gasteiger partial charge is 0.0524 e. The Bertz CT molecular complexity index is 125. The summed E-state index contributed by atoms with van der Waals surface area (Å²) in [6.45, 7) is 5.12. The van der Waals surface area contributed by atoms with Crippen molar-refractivity contribution in [2.45, 2.75) is 51.7 Å². The first-order valence-corrected chi connectivity index (χ1v) is 5.11. The SMILES string of the molecule is C[C@H](O)CCN[C@@H]1CCC[C@@H]1C. The summed E-state index contributed by atoms with van der Waals surface area (Å²) in [4.78, 5) is 0. The fraction of sp³-hybridized carbons (Fsp3) is 1.00. The molecule has 0 radical (unpaired) electrons. The van der Waals surface area contributed by atoms with Gasteiger partial charge in [-0.25, -0.2) is 0 Å². The summed E-state index contributed by atoms with van der Waals surface area (Å²) >= 11 is 0. The van der Waals surface area contributed by atoms with Crippen molar-refractivity contribution in [3.63, 3.8) is 0 Å². The predicted molar refractivity (Wildman–Crippen MR) is 51.1 cm³/mol. The third-order valence-corrected chi connectivity index (χ3v) is 2.83. The van der Waals surface area contributed by atoms with Crippen LogP contribution >= 0.6 is 0 Å². The molecule has 0 bridgehead atoms. The van der Waals surface area contributed by atoms with Gasteiger partial charge >= 0.3 is 0 Å². The minimum atomic E-state index is -0.158. The molecule has 12 heavy (non-hydrogen) atoms. The molecule has 72 valence electrons. The average Bonchev–Trinajstić information content (AvgIpc) is 2.36. The Morgan fingerprint density at radius 3 is 2.75 bits per heavy atom. The fourth-order valence-corrected chi connectivity index (χ4v) is 1.93. The topological polar surface area (TPSA) is 32.3 Å². The molecule has 0 spiro atoms. The second kappa shape index (κ2) is 4.83. The summed E-state index contributed by atoms with van der Waals surface area (Å²) < 4.78 is 0. The van der Waals surface area contributed by atoms with E-state index in [0.29, 0.717) is 6.04 Å². The molecule has 0 heterocycles. The second-order valence-electron chi connectivity index (χ2n) is 4.11. The Kier molecular flexibility index (Phi) is 4.02. The van der Waals surface area contributed by atoms with Crippen LogP contribution < -0.4 is 5.32 Å². The van der Waals surface area contributed by atoms with Crippen LogP contribution in [-0.2, 0) is 0 Å². The lowest BCUT2D eigenvalue weighted by atomic mass is 10.1. The summed E-state index contributed by atoms with van der Waals surface area (Å²) in [5, 5.41) is 12.6. The molecule has 1 fully saturated rings. The van der Waals surface area contributed by atoms with Crippen LogP contribution in [0.3, 0.4) is 0 Å². The van der Waals surface area contributed by atoms with Crippen molar-refractivity contribution in [1.82, 2.24) is 5.32 Å². The van der Waals surface area contributed by atoms with Crippen LogP contribution in [0.1, 0.15) is 39.5 Å². The van der Waals surface area contributed by atoms with Gasteiger partial charge in [-0.15, -0.1) is 0 Å². The Balaban J connectivity index is 2.06. The van der Waals surface area contributed by atoms with E-state index in [9.17, 15) is 0 Å². The number of aliphatic hydroxyl groups is 1. The standard InChI is InChI=1S/C10H21NO/c1-8-4-3-5-10(8)11-7-6-9(2)12/h8-12H,3-7H2,1-2H3/t8-,9-,10+/m0/s1. The van der Waals surface area contributed by atoms with E-state index in [0.717, 1.165) is 18.9 Å². The normalized spacial score (nSPS) is 32.2. The average molecular weight is 171 g/mol. The van der Waals surface area contributed by atoms with Gasteiger partial charge in [0.2, 0.25) is 0 Å². The van der Waals surface area contributed by atoms with Gasteiger partial charge in [-0.2, -0.15) is 0 Å². The maximum absolute atomic E-state index is 9.05. The molecular weight excluding hydrogens is 150 g/mol. The maximum atomic E-state index is 9.05. The van der Waals surface area contributed by atoms with Crippen molar-refractivity contribution >= 4 is 0 Å². The van der Waals surface area contributed by atoms with Crippen molar-refractivity contribution in [3.05, 3.63) is 0 Å². The van der Waals surface area contributed by atoms with E-state index in [-0.39, 0.29) is 6.10 Å². The van der Waals surface area contributed by atoms with Crippen molar-refractivity contribution in [2.24, 2.45) is 5.92 Å². The zero-order chi connectivity index (χ0) is 8.97. The van der Waals surface area contributed by atoms with Gasteiger partial charge in [-0.05, 0) is 38.6 Å². The van der Waals surface area contributed by atoms with Gasteiger partial charge < -0.3 is 10.4 Å². The predicted octanol–water partition coefficient (Wildman–Crippen LogP) is 1.54. The molecule has 0 amide bonds. The molecule has 2 heteroatoms. The lowest BCUT2D eigenvalue weighted by molar-refractivity contribution is 0.181. The van der Waals surface area contributed by atoms with Crippen molar-refractivity contribution in [3.8, 4) is 0 Å². The Morgan fingerprint density at radius 2 is 2.25 bits per heavy atom. The Hall–Kier alpha value is -0.0800. The van der Waals surface area contributed by atoms with Crippen LogP contribution in [0.25, 0.3) is 0 Å². The minimum absolute atomic E-state index is 0.158. The molecule has 0 aromatic heterocycles. The van der Waals surface area contributed by atoms with Gasteiger partial charge in [-0.3, -0.25) is 0 Å². The molecule has 2 nitrogen and oxygen atoms in total. The monoisotopic (exact) mass is 171 g/mol. The zero-order valence-electron chi connectivity index (χ0n) is 8.21. The largest absolute Gasteiger partial charge is 0.393 e. The molecule has 0 unspecified atom stereocenters. The third kappa shape index (κ3) is 3.11. The first kappa shape index (κ1) is 10.0. The van der Waals surface area contributed by atoms with E-state index < -0.39 is 0 Å². The van der Waals surface area contributed by atoms with Crippen LogP contribution in [0, 0.1) is 5.92 Å². The van der Waals surface area contributed by atoms with Crippen LogP contribution in [-0.4, -0.2) is 23.8 Å². The van der Waals surface area contributed by atoms with Gasteiger partial charge in [0, 0.05) is 6.04 Å². The Labute approximate surface area is 75.4 Å². The molecule has 0 aliphatic heterocycles. The van der Waals surface area contributed by atoms with Crippen molar-refractivity contribution in [2.75, 3.05) is 6.54 Å². The minimum Gasteiger partial charge on any atom is -0.393 e. The first-order valence-electron chi connectivity index (χ1n) is 5.11. The van der Waals surface area contributed by atoms with Crippen LogP contribution in [0.15, 0.2) is 0 Å². The molecule has 1 saturated carbocycles. The van der Waals surface area contributed by atoms with E-state index in [1.165, 1.54) is 19.3 Å². The number of nitrogens with one attached hydrogen (secondary N) is 1. The summed E-state index contributed by atoms with van der Waals surface area (Å²) in [6, 6.07) is 0.712. The summed E-state index contributed by atoms with van der Waals surface area (Å²) in [6.07, 6.45) is 4.78. The quantitative estimate of drug-likeness (QED) is 0.672. The molecule has 3 atom stereocenters. The van der Waals surface area contributed by atoms with Gasteiger partial charge in [-0.1, -0.05) is 13.3 Å². The number of hydrogen-bond acceptors (Lipinski definition) is 2. The van der Waals surface area contributed by atoms with Crippen LogP contribution in [0.2, 0.25) is 0 Å². The van der Waals surface area contributed by atoms with Gasteiger partial charge in [0.1, 0.15) is 0 Å². The van der Waals surface area contributed by atoms with Gasteiger partial charge in [0.25, 0.3) is 0 Å². The third-order valence-electron chi connectivity index (χ3n) is 2.83. The number of rotatable bonds is 4. The molecule has 2 N–H and O–H groups in total. The molecule has 0 aromatic rings. The number of aliphatic hydroxyl groups excluding tert-OH is 1. The lowest BCUT2D eigenvalue weighted by Crippen LogP contribution is -2.32. The van der Waals surface area contributed by atoms with Crippen LogP contribution in [0.4, 0.5) is 0 Å². The van der Waals surface area contributed by atoms with E-state index in [2.05, 4.69) is 12.2 Å². The zero-order valence-corrected chi connectivity index (χ0v) is 8.21.